The summed E-state index contributed by atoms with van der Waals surface area (Å²) in [5.41, 5.74) is 0. The highest BCUT2D eigenvalue weighted by atomic mass is 79.9. The number of rotatable bonds is 2. The van der Waals surface area contributed by atoms with Gasteiger partial charge in [0.1, 0.15) is 5.75 Å². The fourth-order valence-electron chi connectivity index (χ4n) is 0.663. The zero-order valence-corrected chi connectivity index (χ0v) is 10.9. The number of ether oxygens (including phenoxy) is 1. The van der Waals surface area contributed by atoms with Crippen LogP contribution >= 0.6 is 31.9 Å². The van der Waals surface area contributed by atoms with Gasteiger partial charge in [-0.1, -0.05) is 29.8 Å². The molecule has 1 aromatic carbocycles. The molecule has 5 heteroatoms. The molecule has 1 aromatic rings. The van der Waals surface area contributed by atoms with Gasteiger partial charge in [-0.25, -0.2) is 0 Å². The molecule has 0 bridgehead atoms. The van der Waals surface area contributed by atoms with Gasteiger partial charge in [0, 0.05) is 4.47 Å². The molecular formula is C9H10Br2F2O. The molecule has 0 heterocycles. The Hall–Kier alpha value is -0.160. The van der Waals surface area contributed by atoms with Crippen LogP contribution in [0.15, 0.2) is 27.1 Å². The molecule has 0 atom stereocenters. The van der Waals surface area contributed by atoms with Crippen LogP contribution in [0.3, 0.4) is 0 Å². The standard InChI is InChI=1S/C7H4Br2F2O.C2H6/c8-4-1-2-5(9)6(3-4)12-7(10)11;1-2/h1-3,7H;1-2H3. The van der Waals surface area contributed by atoms with Crippen LogP contribution in [0.25, 0.3) is 0 Å². The Balaban J connectivity index is 0.000000791. The quantitative estimate of drug-likeness (QED) is 0.753. The Morgan fingerprint density at radius 3 is 2.29 bits per heavy atom. The number of halogens is 4. The van der Waals surface area contributed by atoms with Gasteiger partial charge in [-0.05, 0) is 34.1 Å². The minimum absolute atomic E-state index is 0.124. The normalized spacial score (nSPS) is 9.36. The number of alkyl halides is 2. The first-order chi connectivity index (χ1) is 6.59. The van der Waals surface area contributed by atoms with E-state index < -0.39 is 6.61 Å². The topological polar surface area (TPSA) is 9.23 Å². The maximum atomic E-state index is 11.8. The molecule has 0 amide bonds. The number of hydrogen-bond acceptors (Lipinski definition) is 1. The predicted molar refractivity (Wildman–Crippen MR) is 59.8 cm³/mol. The predicted octanol–water partition coefficient (Wildman–Crippen LogP) is 4.84. The summed E-state index contributed by atoms with van der Waals surface area (Å²) in [6.07, 6.45) is 0. The van der Waals surface area contributed by atoms with Crippen molar-refractivity contribution in [1.82, 2.24) is 0 Å². The highest BCUT2D eigenvalue weighted by Crippen LogP contribution is 2.29. The monoisotopic (exact) mass is 330 g/mol. The van der Waals surface area contributed by atoms with Crippen LogP contribution in [0.2, 0.25) is 0 Å². The third-order valence-electron chi connectivity index (χ3n) is 1.11. The van der Waals surface area contributed by atoms with E-state index in [0.29, 0.717) is 8.95 Å². The second-order valence-corrected chi connectivity index (χ2v) is 3.72. The van der Waals surface area contributed by atoms with Crippen molar-refractivity contribution in [2.75, 3.05) is 0 Å². The summed E-state index contributed by atoms with van der Waals surface area (Å²) in [7, 11) is 0. The van der Waals surface area contributed by atoms with E-state index in [1.807, 2.05) is 13.8 Å². The lowest BCUT2D eigenvalue weighted by Gasteiger charge is -2.06. The summed E-state index contributed by atoms with van der Waals surface area (Å²) >= 11 is 6.22. The zero-order chi connectivity index (χ0) is 11.1. The molecule has 0 saturated carbocycles. The molecule has 1 rings (SSSR count). The van der Waals surface area contributed by atoms with Crippen molar-refractivity contribution in [3.8, 4) is 5.75 Å². The van der Waals surface area contributed by atoms with Gasteiger partial charge in [-0.3, -0.25) is 0 Å². The van der Waals surface area contributed by atoms with Crippen molar-refractivity contribution >= 4 is 31.9 Å². The fraction of sp³-hybridized carbons (Fsp3) is 0.333. The lowest BCUT2D eigenvalue weighted by molar-refractivity contribution is -0.0503. The first-order valence-electron chi connectivity index (χ1n) is 3.99. The largest absolute Gasteiger partial charge is 0.434 e. The SMILES string of the molecule is CC.FC(F)Oc1cc(Br)ccc1Br. The third-order valence-corrected chi connectivity index (χ3v) is 2.26. The molecule has 0 aliphatic heterocycles. The maximum Gasteiger partial charge on any atom is 0.387 e. The summed E-state index contributed by atoms with van der Waals surface area (Å²) in [5, 5.41) is 0. The molecule has 0 saturated heterocycles. The summed E-state index contributed by atoms with van der Waals surface area (Å²) in [5.74, 6) is 0.124. The van der Waals surface area contributed by atoms with Gasteiger partial charge in [0.25, 0.3) is 0 Å². The summed E-state index contributed by atoms with van der Waals surface area (Å²) in [4.78, 5) is 0. The van der Waals surface area contributed by atoms with Crippen molar-refractivity contribution in [2.45, 2.75) is 20.5 Å². The van der Waals surface area contributed by atoms with E-state index in [1.54, 1.807) is 12.1 Å². The Morgan fingerprint density at radius 2 is 1.79 bits per heavy atom. The van der Waals surface area contributed by atoms with E-state index in [2.05, 4.69) is 36.6 Å². The first-order valence-corrected chi connectivity index (χ1v) is 5.58. The van der Waals surface area contributed by atoms with Gasteiger partial charge in [0.15, 0.2) is 0 Å². The molecule has 80 valence electrons. The van der Waals surface area contributed by atoms with Gasteiger partial charge in [-0.15, -0.1) is 0 Å². The van der Waals surface area contributed by atoms with Crippen LogP contribution in [0.5, 0.6) is 5.75 Å². The molecule has 0 fully saturated rings. The summed E-state index contributed by atoms with van der Waals surface area (Å²) in [6, 6.07) is 4.82. The van der Waals surface area contributed by atoms with Crippen LogP contribution in [0, 0.1) is 0 Å². The van der Waals surface area contributed by atoms with E-state index in [4.69, 9.17) is 0 Å². The zero-order valence-electron chi connectivity index (χ0n) is 7.73. The second kappa shape index (κ2) is 7.17. The van der Waals surface area contributed by atoms with Crippen LogP contribution < -0.4 is 4.74 Å². The van der Waals surface area contributed by atoms with Crippen LogP contribution in [0.1, 0.15) is 13.8 Å². The van der Waals surface area contributed by atoms with E-state index in [-0.39, 0.29) is 5.75 Å². The molecule has 0 unspecified atom stereocenters. The molecule has 0 N–H and O–H groups in total. The van der Waals surface area contributed by atoms with Crippen molar-refractivity contribution in [2.24, 2.45) is 0 Å². The van der Waals surface area contributed by atoms with Crippen molar-refractivity contribution in [3.63, 3.8) is 0 Å². The fourth-order valence-corrected chi connectivity index (χ4v) is 1.34. The van der Waals surface area contributed by atoms with Crippen molar-refractivity contribution in [3.05, 3.63) is 27.1 Å². The van der Waals surface area contributed by atoms with Gasteiger partial charge in [0.05, 0.1) is 4.47 Å². The van der Waals surface area contributed by atoms with Crippen LogP contribution in [-0.4, -0.2) is 6.61 Å². The number of hydrogen-bond donors (Lipinski definition) is 0. The van der Waals surface area contributed by atoms with Crippen LogP contribution in [0.4, 0.5) is 8.78 Å². The molecular weight excluding hydrogens is 322 g/mol. The summed E-state index contributed by atoms with van der Waals surface area (Å²) in [6.45, 7) is 1.20. The Kier molecular flexibility index (Phi) is 7.09. The molecule has 0 spiro atoms. The minimum Gasteiger partial charge on any atom is -0.434 e. The van der Waals surface area contributed by atoms with Gasteiger partial charge < -0.3 is 4.74 Å². The molecule has 0 aromatic heterocycles. The minimum atomic E-state index is -2.80. The average molecular weight is 332 g/mol. The lowest BCUT2D eigenvalue weighted by atomic mass is 10.3. The average Bonchev–Trinajstić information content (AvgIpc) is 2.14. The molecule has 0 radical (unpaired) electrons. The number of benzene rings is 1. The molecule has 0 aliphatic carbocycles. The Bertz CT molecular complexity index is 280. The molecule has 1 nitrogen and oxygen atoms in total. The second-order valence-electron chi connectivity index (χ2n) is 1.95. The van der Waals surface area contributed by atoms with Crippen molar-refractivity contribution in [1.29, 1.82) is 0 Å². The Morgan fingerprint density at radius 1 is 1.21 bits per heavy atom. The maximum absolute atomic E-state index is 11.8. The van der Waals surface area contributed by atoms with Gasteiger partial charge in [-0.2, -0.15) is 8.78 Å². The first kappa shape index (κ1) is 13.8. The summed E-state index contributed by atoms with van der Waals surface area (Å²) < 4.78 is 29.0. The van der Waals surface area contributed by atoms with E-state index in [0.717, 1.165) is 0 Å². The van der Waals surface area contributed by atoms with E-state index in [1.165, 1.54) is 6.07 Å². The van der Waals surface area contributed by atoms with Crippen molar-refractivity contribution < 1.29 is 13.5 Å². The Labute approximate surface area is 98.7 Å². The molecule has 0 aliphatic rings. The lowest BCUT2D eigenvalue weighted by Crippen LogP contribution is -2.02. The third kappa shape index (κ3) is 4.91. The van der Waals surface area contributed by atoms with E-state index >= 15 is 0 Å². The van der Waals surface area contributed by atoms with Gasteiger partial charge >= 0.3 is 6.61 Å². The van der Waals surface area contributed by atoms with Gasteiger partial charge in [0.2, 0.25) is 0 Å². The van der Waals surface area contributed by atoms with E-state index in [9.17, 15) is 8.78 Å². The van der Waals surface area contributed by atoms with Crippen LogP contribution in [-0.2, 0) is 0 Å². The molecule has 14 heavy (non-hydrogen) atoms. The highest BCUT2D eigenvalue weighted by molar-refractivity contribution is 9.11. The highest BCUT2D eigenvalue weighted by Gasteiger charge is 2.07. The smallest absolute Gasteiger partial charge is 0.387 e.